The van der Waals surface area contributed by atoms with Crippen LogP contribution in [0.5, 0.6) is 5.75 Å². The number of thiazole rings is 1. The van der Waals surface area contributed by atoms with Crippen molar-refractivity contribution in [3.8, 4) is 5.75 Å². The van der Waals surface area contributed by atoms with Gasteiger partial charge in [0, 0.05) is 24.6 Å². The topological polar surface area (TPSA) is 120 Å². The number of esters is 1. The Hall–Kier alpha value is -3.35. The van der Waals surface area contributed by atoms with Crippen LogP contribution in [-0.4, -0.2) is 62.1 Å². The van der Waals surface area contributed by atoms with Crippen molar-refractivity contribution in [2.75, 3.05) is 6.26 Å². The molecule has 0 spiro atoms. The van der Waals surface area contributed by atoms with E-state index >= 15 is 0 Å². The summed E-state index contributed by atoms with van der Waals surface area (Å²) >= 11 is 2.98. The molecule has 2 aromatic heterocycles. The molecule has 1 aromatic carbocycles. The zero-order chi connectivity index (χ0) is 29.0. The molecule has 1 fully saturated rings. The highest BCUT2D eigenvalue weighted by molar-refractivity contribution is 7.98. The maximum atomic E-state index is 13.6. The average Bonchev–Trinajstić information content (AvgIpc) is 3.51. The maximum absolute atomic E-state index is 13.6. The van der Waals surface area contributed by atoms with Crippen LogP contribution in [0.25, 0.3) is 10.4 Å². The van der Waals surface area contributed by atoms with E-state index in [4.69, 9.17) is 14.2 Å². The number of fused-ring (bicyclic) bond motifs is 2. The number of carbonyl (C=O) groups is 3. The van der Waals surface area contributed by atoms with Crippen molar-refractivity contribution >= 4 is 51.5 Å². The number of nitrogens with zero attached hydrogens (tertiary/aromatic N) is 3. The molecule has 0 bridgehead atoms. The molecule has 5 atom stereocenters. The summed E-state index contributed by atoms with van der Waals surface area (Å²) in [6.45, 7) is 10.6. The zero-order valence-electron chi connectivity index (χ0n) is 23.3. The van der Waals surface area contributed by atoms with Crippen LogP contribution in [0.1, 0.15) is 42.3 Å². The van der Waals surface area contributed by atoms with Crippen molar-refractivity contribution in [3.63, 3.8) is 0 Å². The van der Waals surface area contributed by atoms with Gasteiger partial charge in [-0.1, -0.05) is 13.0 Å². The first-order valence-corrected chi connectivity index (χ1v) is 14.9. The van der Waals surface area contributed by atoms with Gasteiger partial charge in [0.05, 0.1) is 22.9 Å². The third-order valence-corrected chi connectivity index (χ3v) is 9.45. The number of amides is 1. The number of hydrogen-bond acceptors (Lipinski definition) is 10. The minimum atomic E-state index is -1.29. The number of carbonyl (C=O) groups excluding carboxylic acids is 3. The largest absolute Gasteiger partial charge is 0.516 e. The van der Waals surface area contributed by atoms with Gasteiger partial charge in [-0.05, 0) is 56.7 Å². The molecule has 0 saturated carbocycles. The fourth-order valence-electron chi connectivity index (χ4n) is 5.51. The van der Waals surface area contributed by atoms with Crippen LogP contribution in [0.2, 0.25) is 0 Å². The minimum absolute atomic E-state index is 0.0940. The first-order chi connectivity index (χ1) is 18.9. The monoisotopic (exact) mass is 585 g/mol. The van der Waals surface area contributed by atoms with Gasteiger partial charge in [0.1, 0.15) is 27.6 Å². The second-order valence-corrected chi connectivity index (χ2v) is 12.1. The number of aromatic nitrogens is 2. The fraction of sp³-hybridized carbons (Fsp3) is 0.429. The minimum Gasteiger partial charge on any atom is -0.421 e. The Bertz CT molecular complexity index is 1560. The number of imidazole rings is 1. The molecule has 1 amide bonds. The summed E-state index contributed by atoms with van der Waals surface area (Å²) in [6, 6.07) is 3.32. The molecule has 10 nitrogen and oxygen atoms in total. The second-order valence-electron chi connectivity index (χ2n) is 10.2. The summed E-state index contributed by atoms with van der Waals surface area (Å²) in [5.74, 6) is -1.66. The predicted octanol–water partition coefficient (Wildman–Crippen LogP) is 4.72. The third-order valence-electron chi connectivity index (χ3n) is 7.50. The third kappa shape index (κ3) is 4.67. The van der Waals surface area contributed by atoms with Crippen LogP contribution in [0.15, 0.2) is 35.4 Å². The van der Waals surface area contributed by atoms with E-state index in [0.29, 0.717) is 11.3 Å². The van der Waals surface area contributed by atoms with Crippen LogP contribution in [0, 0.1) is 32.6 Å². The van der Waals surface area contributed by atoms with E-state index in [1.807, 2.05) is 50.6 Å². The zero-order valence-corrected chi connectivity index (χ0v) is 24.9. The molecular formula is C28H31N3O7S2. The van der Waals surface area contributed by atoms with Crippen molar-refractivity contribution in [1.82, 2.24) is 14.3 Å². The molecule has 4 heterocycles. The lowest BCUT2D eigenvalue weighted by Crippen LogP contribution is -2.63. The molecular weight excluding hydrogens is 554 g/mol. The van der Waals surface area contributed by atoms with Crippen LogP contribution in [-0.2, 0) is 19.1 Å². The number of benzene rings is 1. The molecule has 2 aliphatic rings. The number of hydrogen-bond donors (Lipinski definition) is 1. The van der Waals surface area contributed by atoms with Crippen molar-refractivity contribution in [2.45, 2.75) is 65.0 Å². The highest BCUT2D eigenvalue weighted by Crippen LogP contribution is 2.52. The maximum Gasteiger partial charge on any atom is 0.516 e. The molecule has 12 heteroatoms. The first kappa shape index (κ1) is 28.2. The van der Waals surface area contributed by atoms with Crippen molar-refractivity contribution in [3.05, 3.63) is 51.9 Å². The SMILES string of the molecule is CSc1ncn2cc(C3=C(C(=O)OC(C)OC(=O)Oc4cc(C)cc(C)c4C)N4C(=O)[C@H]([C@@H](C)O)[C@H]4[C@H]3C)sc12. The van der Waals surface area contributed by atoms with Gasteiger partial charge in [0.25, 0.3) is 0 Å². The van der Waals surface area contributed by atoms with E-state index in [2.05, 4.69) is 4.98 Å². The van der Waals surface area contributed by atoms with E-state index in [0.717, 1.165) is 31.4 Å². The van der Waals surface area contributed by atoms with Gasteiger partial charge in [-0.2, -0.15) is 0 Å². The lowest BCUT2D eigenvalue weighted by Gasteiger charge is -2.46. The highest BCUT2D eigenvalue weighted by atomic mass is 32.2. The molecule has 2 aliphatic heterocycles. The Morgan fingerprint density at radius 3 is 2.58 bits per heavy atom. The van der Waals surface area contributed by atoms with Gasteiger partial charge in [-0.25, -0.2) is 14.6 Å². The highest BCUT2D eigenvalue weighted by Gasteiger charge is 2.60. The average molecular weight is 586 g/mol. The Morgan fingerprint density at radius 1 is 1.18 bits per heavy atom. The summed E-state index contributed by atoms with van der Waals surface area (Å²) in [7, 11) is 0. The van der Waals surface area contributed by atoms with Gasteiger partial charge in [-0.15, -0.1) is 23.1 Å². The smallest absolute Gasteiger partial charge is 0.421 e. The van der Waals surface area contributed by atoms with E-state index in [1.54, 1.807) is 19.3 Å². The standard InChI is InChI=1S/C28H31N3O7S2/c1-12-8-13(2)14(3)18(9-12)38-28(35)37-17(6)36-27(34)23-20(15(4)22-21(16(5)32)25(33)31(22)23)19-10-30-11-29-24(39-7)26(30)40-19/h8-11,15-17,21-22,32H,1-7H3/t15-,16+,17?,21+,22+/m0/s1. The number of β-lactam (4-membered cyclic amide) rings is 1. The van der Waals surface area contributed by atoms with Gasteiger partial charge in [0.2, 0.25) is 12.2 Å². The van der Waals surface area contributed by atoms with Crippen LogP contribution < -0.4 is 4.74 Å². The second kappa shape index (κ2) is 10.6. The number of rotatable bonds is 7. The molecule has 1 saturated heterocycles. The summed E-state index contributed by atoms with van der Waals surface area (Å²) in [5, 5.41) is 11.1. The summed E-state index contributed by atoms with van der Waals surface area (Å²) < 4.78 is 18.0. The van der Waals surface area contributed by atoms with Crippen LogP contribution in [0.4, 0.5) is 4.79 Å². The molecule has 212 valence electrons. The number of aliphatic hydroxyl groups excluding tert-OH is 1. The first-order valence-electron chi connectivity index (χ1n) is 12.9. The molecule has 1 N–H and O–H groups in total. The summed E-state index contributed by atoms with van der Waals surface area (Å²) in [5.41, 5.74) is 3.43. The number of thioether (sulfide) groups is 1. The molecule has 0 aliphatic carbocycles. The Morgan fingerprint density at radius 2 is 1.90 bits per heavy atom. The normalized spacial score (nSPS) is 21.8. The van der Waals surface area contributed by atoms with Crippen LogP contribution >= 0.6 is 23.1 Å². The van der Waals surface area contributed by atoms with E-state index in [-0.39, 0.29) is 17.5 Å². The Balaban J connectivity index is 1.40. The van der Waals surface area contributed by atoms with Crippen LogP contribution in [0.3, 0.4) is 0 Å². The van der Waals surface area contributed by atoms with Gasteiger partial charge >= 0.3 is 12.1 Å². The summed E-state index contributed by atoms with van der Waals surface area (Å²) in [6.07, 6.45) is 2.35. The Kier molecular flexibility index (Phi) is 7.45. The van der Waals surface area contributed by atoms with Crippen molar-refractivity contribution in [1.29, 1.82) is 0 Å². The van der Waals surface area contributed by atoms with Crippen molar-refractivity contribution < 1.29 is 33.7 Å². The lowest BCUT2D eigenvalue weighted by atomic mass is 9.77. The quantitative estimate of drug-likeness (QED) is 0.138. The molecule has 40 heavy (non-hydrogen) atoms. The number of ether oxygens (including phenoxy) is 3. The van der Waals surface area contributed by atoms with E-state index < -0.39 is 36.5 Å². The Labute approximate surface area is 239 Å². The van der Waals surface area contributed by atoms with Gasteiger partial charge in [0.15, 0.2) is 0 Å². The van der Waals surface area contributed by atoms with Gasteiger partial charge < -0.3 is 24.2 Å². The van der Waals surface area contributed by atoms with Gasteiger partial charge in [-0.3, -0.25) is 9.20 Å². The number of aliphatic hydroxyl groups is 1. The molecule has 5 rings (SSSR count). The molecule has 0 radical (unpaired) electrons. The van der Waals surface area contributed by atoms with E-state index in [9.17, 15) is 19.5 Å². The molecule has 1 unspecified atom stereocenters. The van der Waals surface area contributed by atoms with Crippen molar-refractivity contribution in [2.24, 2.45) is 11.8 Å². The summed E-state index contributed by atoms with van der Waals surface area (Å²) in [4.78, 5) is 46.7. The predicted molar refractivity (Wildman–Crippen MR) is 150 cm³/mol. The lowest BCUT2D eigenvalue weighted by molar-refractivity contribution is -0.172. The van der Waals surface area contributed by atoms with E-state index in [1.165, 1.54) is 34.9 Å². The molecule has 3 aromatic rings. The number of aryl methyl sites for hydroxylation is 2. The fourth-order valence-corrected chi connectivity index (χ4v) is 7.43.